The van der Waals surface area contributed by atoms with E-state index in [0.717, 1.165) is 60.5 Å². The standard InChI is InChI=1S/C21H21Cl2NO2S/c1-13-18(20(25)16-3-2-4-17(22)19(16)23)15-8-12-27-21(15)24(13)9-5-14-6-10-26-11-7-14/h2-4,8,12,14H,5-7,9-11H2,1H3. The van der Waals surface area contributed by atoms with Crippen molar-refractivity contribution >= 4 is 50.5 Å². The molecule has 2 aromatic heterocycles. The maximum Gasteiger partial charge on any atom is 0.197 e. The smallest absolute Gasteiger partial charge is 0.197 e. The number of fused-ring (bicyclic) bond motifs is 1. The van der Waals surface area contributed by atoms with Gasteiger partial charge < -0.3 is 9.30 Å². The normalized spacial score (nSPS) is 15.5. The van der Waals surface area contributed by atoms with Gasteiger partial charge in [-0.3, -0.25) is 4.79 Å². The Morgan fingerprint density at radius 2 is 2.04 bits per heavy atom. The minimum absolute atomic E-state index is 0.0618. The van der Waals surface area contributed by atoms with E-state index in [0.29, 0.717) is 21.5 Å². The SMILES string of the molecule is Cc1c(C(=O)c2cccc(Cl)c2Cl)c2ccsc2n1CCC1CCOCC1. The number of rotatable bonds is 5. The quantitative estimate of drug-likeness (QED) is 0.448. The van der Waals surface area contributed by atoms with Gasteiger partial charge in [-0.2, -0.15) is 0 Å². The average Bonchev–Trinajstić information content (AvgIpc) is 3.23. The van der Waals surface area contributed by atoms with Crippen molar-refractivity contribution in [2.75, 3.05) is 13.2 Å². The Bertz CT molecular complexity index is 986. The Labute approximate surface area is 172 Å². The van der Waals surface area contributed by atoms with Crippen LogP contribution in [0.25, 0.3) is 10.2 Å². The summed E-state index contributed by atoms with van der Waals surface area (Å²) >= 11 is 14.1. The summed E-state index contributed by atoms with van der Waals surface area (Å²) in [6.45, 7) is 4.67. The number of nitrogens with zero attached hydrogens (tertiary/aromatic N) is 1. The molecule has 4 rings (SSSR count). The monoisotopic (exact) mass is 421 g/mol. The molecule has 0 spiro atoms. The summed E-state index contributed by atoms with van der Waals surface area (Å²) in [5.74, 6) is 0.630. The van der Waals surface area contributed by atoms with Crippen molar-refractivity contribution in [3.05, 3.63) is 56.5 Å². The molecule has 1 aliphatic heterocycles. The summed E-state index contributed by atoms with van der Waals surface area (Å²) in [6.07, 6.45) is 3.35. The maximum absolute atomic E-state index is 13.3. The van der Waals surface area contributed by atoms with Crippen molar-refractivity contribution in [2.45, 2.75) is 32.7 Å². The van der Waals surface area contributed by atoms with Gasteiger partial charge >= 0.3 is 0 Å². The van der Waals surface area contributed by atoms with E-state index in [9.17, 15) is 4.79 Å². The molecule has 6 heteroatoms. The molecular weight excluding hydrogens is 401 g/mol. The first-order valence-corrected chi connectivity index (χ1v) is 10.8. The molecule has 3 aromatic rings. The number of hydrogen-bond donors (Lipinski definition) is 0. The van der Waals surface area contributed by atoms with Crippen molar-refractivity contribution in [2.24, 2.45) is 5.92 Å². The Hall–Kier alpha value is -1.33. The van der Waals surface area contributed by atoms with Crippen LogP contribution in [0.15, 0.2) is 29.6 Å². The maximum atomic E-state index is 13.3. The first-order chi connectivity index (χ1) is 13.1. The Balaban J connectivity index is 1.69. The Kier molecular flexibility index (Phi) is 5.60. The molecule has 1 aromatic carbocycles. The van der Waals surface area contributed by atoms with Crippen LogP contribution < -0.4 is 0 Å². The van der Waals surface area contributed by atoms with Crippen LogP contribution >= 0.6 is 34.5 Å². The lowest BCUT2D eigenvalue weighted by Gasteiger charge is -2.22. The number of carbonyl (C=O) groups is 1. The highest BCUT2D eigenvalue weighted by Crippen LogP contribution is 2.35. The van der Waals surface area contributed by atoms with Gasteiger partial charge in [0.05, 0.1) is 15.6 Å². The van der Waals surface area contributed by atoms with Gasteiger partial charge in [-0.1, -0.05) is 29.3 Å². The third-order valence-corrected chi connectivity index (χ3v) is 7.21. The third kappa shape index (κ3) is 3.56. The molecule has 0 bridgehead atoms. The van der Waals surface area contributed by atoms with Gasteiger partial charge in [-0.15, -0.1) is 11.3 Å². The van der Waals surface area contributed by atoms with Gasteiger partial charge in [0, 0.05) is 36.4 Å². The number of aromatic nitrogens is 1. The molecule has 0 unspecified atom stereocenters. The lowest BCUT2D eigenvalue weighted by molar-refractivity contribution is 0.0627. The molecule has 0 aliphatic carbocycles. The van der Waals surface area contributed by atoms with E-state index < -0.39 is 0 Å². The predicted molar refractivity (Wildman–Crippen MR) is 113 cm³/mol. The summed E-state index contributed by atoms with van der Waals surface area (Å²) in [4.78, 5) is 14.5. The van der Waals surface area contributed by atoms with Gasteiger partial charge in [0.25, 0.3) is 0 Å². The fraction of sp³-hybridized carbons (Fsp3) is 0.381. The molecule has 3 heterocycles. The molecule has 0 atom stereocenters. The van der Waals surface area contributed by atoms with E-state index in [1.165, 1.54) is 0 Å². The second-order valence-corrected chi connectivity index (χ2v) is 8.71. The van der Waals surface area contributed by atoms with Gasteiger partial charge in [0.15, 0.2) is 5.78 Å². The summed E-state index contributed by atoms with van der Waals surface area (Å²) in [7, 11) is 0. The van der Waals surface area contributed by atoms with Crippen molar-refractivity contribution in [3.63, 3.8) is 0 Å². The Morgan fingerprint density at radius 3 is 2.81 bits per heavy atom. The first kappa shape index (κ1) is 19.0. The molecule has 0 amide bonds. The fourth-order valence-electron chi connectivity index (χ4n) is 3.90. The number of ether oxygens (including phenoxy) is 1. The van der Waals surface area contributed by atoms with Crippen molar-refractivity contribution < 1.29 is 9.53 Å². The second kappa shape index (κ2) is 7.96. The van der Waals surface area contributed by atoms with Crippen molar-refractivity contribution in [3.8, 4) is 0 Å². The number of carbonyl (C=O) groups excluding carboxylic acids is 1. The highest BCUT2D eigenvalue weighted by Gasteiger charge is 2.24. The van der Waals surface area contributed by atoms with E-state index in [-0.39, 0.29) is 5.78 Å². The summed E-state index contributed by atoms with van der Waals surface area (Å²) in [6, 6.07) is 7.24. The second-order valence-electron chi connectivity index (χ2n) is 7.03. The van der Waals surface area contributed by atoms with E-state index in [1.807, 2.05) is 18.4 Å². The average molecular weight is 422 g/mol. The molecule has 1 fully saturated rings. The first-order valence-electron chi connectivity index (χ1n) is 9.20. The fourth-order valence-corrected chi connectivity index (χ4v) is 5.27. The number of ketones is 1. The van der Waals surface area contributed by atoms with Crippen LogP contribution in [-0.2, 0) is 11.3 Å². The predicted octanol–water partition coefficient (Wildman–Crippen LogP) is 6.37. The molecule has 0 N–H and O–H groups in total. The van der Waals surface area contributed by atoms with E-state index in [2.05, 4.69) is 4.57 Å². The summed E-state index contributed by atoms with van der Waals surface area (Å²) in [5, 5.41) is 3.78. The topological polar surface area (TPSA) is 31.2 Å². The van der Waals surface area contributed by atoms with Crippen LogP contribution in [0, 0.1) is 12.8 Å². The molecule has 3 nitrogen and oxygen atoms in total. The van der Waals surface area contributed by atoms with Gasteiger partial charge in [-0.05, 0) is 55.7 Å². The minimum Gasteiger partial charge on any atom is -0.381 e. The molecule has 1 saturated heterocycles. The lowest BCUT2D eigenvalue weighted by Crippen LogP contribution is -2.17. The molecule has 142 valence electrons. The highest BCUT2D eigenvalue weighted by molar-refractivity contribution is 7.16. The molecule has 1 aliphatic rings. The minimum atomic E-state index is -0.0618. The number of thiophene rings is 1. The molecule has 0 saturated carbocycles. The van der Waals surface area contributed by atoms with E-state index in [1.54, 1.807) is 29.5 Å². The number of hydrogen-bond acceptors (Lipinski definition) is 3. The van der Waals surface area contributed by atoms with Crippen molar-refractivity contribution in [1.82, 2.24) is 4.57 Å². The summed E-state index contributed by atoms with van der Waals surface area (Å²) in [5.41, 5.74) is 2.20. The number of halogens is 2. The van der Waals surface area contributed by atoms with Crippen LogP contribution in [0.3, 0.4) is 0 Å². The zero-order chi connectivity index (χ0) is 19.0. The van der Waals surface area contributed by atoms with Gasteiger partial charge in [-0.25, -0.2) is 0 Å². The van der Waals surface area contributed by atoms with Crippen LogP contribution in [0.2, 0.25) is 10.0 Å². The van der Waals surface area contributed by atoms with E-state index in [4.69, 9.17) is 27.9 Å². The Morgan fingerprint density at radius 1 is 1.26 bits per heavy atom. The number of benzene rings is 1. The molecular formula is C21H21Cl2NO2S. The highest BCUT2D eigenvalue weighted by atomic mass is 35.5. The lowest BCUT2D eigenvalue weighted by atomic mass is 9.96. The zero-order valence-corrected chi connectivity index (χ0v) is 17.5. The van der Waals surface area contributed by atoms with Crippen LogP contribution in [0.5, 0.6) is 0 Å². The summed E-state index contributed by atoms with van der Waals surface area (Å²) < 4.78 is 7.76. The third-order valence-electron chi connectivity index (χ3n) is 5.45. The zero-order valence-electron chi connectivity index (χ0n) is 15.1. The molecule has 0 radical (unpaired) electrons. The van der Waals surface area contributed by atoms with Gasteiger partial charge in [0.1, 0.15) is 4.83 Å². The van der Waals surface area contributed by atoms with Crippen LogP contribution in [0.4, 0.5) is 0 Å². The largest absolute Gasteiger partial charge is 0.381 e. The van der Waals surface area contributed by atoms with Gasteiger partial charge in [0.2, 0.25) is 0 Å². The van der Waals surface area contributed by atoms with Crippen molar-refractivity contribution in [1.29, 1.82) is 0 Å². The van der Waals surface area contributed by atoms with E-state index >= 15 is 0 Å². The number of aryl methyl sites for hydroxylation is 1. The van der Waals surface area contributed by atoms with Crippen LogP contribution in [0.1, 0.15) is 40.9 Å². The van der Waals surface area contributed by atoms with Crippen LogP contribution in [-0.4, -0.2) is 23.6 Å². The molecule has 27 heavy (non-hydrogen) atoms.